The van der Waals surface area contributed by atoms with Crippen LogP contribution in [0.4, 0.5) is 0 Å². The average molecular weight is 384 g/mol. The monoisotopic (exact) mass is 384 g/mol. The zero-order chi connectivity index (χ0) is 19.8. The van der Waals surface area contributed by atoms with Gasteiger partial charge in [0.05, 0.1) is 0 Å². The molecule has 1 N–H and O–H groups in total. The van der Waals surface area contributed by atoms with E-state index in [-0.39, 0.29) is 0 Å². The lowest BCUT2D eigenvalue weighted by atomic mass is 9.90. The van der Waals surface area contributed by atoms with Crippen molar-refractivity contribution in [2.45, 2.75) is 0 Å². The van der Waals surface area contributed by atoms with Gasteiger partial charge in [0.15, 0.2) is 0 Å². The SMILES string of the molecule is Oc1cc2c3ccccc3c3cc4c(cc3c2c2ccccc12)oc1ccccc14. The lowest BCUT2D eigenvalue weighted by molar-refractivity contribution is 0.482. The van der Waals surface area contributed by atoms with E-state index >= 15 is 0 Å². The third kappa shape index (κ3) is 1.93. The summed E-state index contributed by atoms with van der Waals surface area (Å²) < 4.78 is 6.21. The van der Waals surface area contributed by atoms with Crippen LogP contribution in [0.15, 0.2) is 95.4 Å². The van der Waals surface area contributed by atoms with E-state index in [0.717, 1.165) is 54.3 Å². The van der Waals surface area contributed by atoms with E-state index in [9.17, 15) is 5.11 Å². The number of hydrogen-bond donors (Lipinski definition) is 1. The molecule has 0 aliphatic rings. The van der Waals surface area contributed by atoms with E-state index in [2.05, 4.69) is 54.6 Å². The molecule has 1 aromatic heterocycles. The zero-order valence-corrected chi connectivity index (χ0v) is 16.0. The number of aromatic hydroxyl groups is 1. The third-order valence-corrected chi connectivity index (χ3v) is 6.32. The fourth-order valence-corrected chi connectivity index (χ4v) is 5.01. The summed E-state index contributed by atoms with van der Waals surface area (Å²) in [6, 6.07) is 31.0. The molecule has 7 rings (SSSR count). The lowest BCUT2D eigenvalue weighted by Crippen LogP contribution is -1.86. The molecule has 0 fully saturated rings. The highest BCUT2D eigenvalue weighted by molar-refractivity contribution is 6.33. The number of para-hydroxylation sites is 1. The number of furan rings is 1. The van der Waals surface area contributed by atoms with Crippen LogP contribution in [0.1, 0.15) is 0 Å². The summed E-state index contributed by atoms with van der Waals surface area (Å²) >= 11 is 0. The Kier molecular flexibility index (Phi) is 2.91. The van der Waals surface area contributed by atoms with Crippen LogP contribution in [0.2, 0.25) is 0 Å². The van der Waals surface area contributed by atoms with Crippen molar-refractivity contribution in [3.8, 4) is 5.75 Å². The zero-order valence-electron chi connectivity index (χ0n) is 16.0. The van der Waals surface area contributed by atoms with E-state index in [4.69, 9.17) is 4.42 Å². The van der Waals surface area contributed by atoms with Crippen molar-refractivity contribution in [3.63, 3.8) is 0 Å². The van der Waals surface area contributed by atoms with Crippen LogP contribution in [0, 0.1) is 0 Å². The van der Waals surface area contributed by atoms with Crippen LogP contribution in [-0.4, -0.2) is 5.11 Å². The number of hydrogen-bond acceptors (Lipinski definition) is 2. The van der Waals surface area contributed by atoms with E-state index in [1.807, 2.05) is 36.4 Å². The summed E-state index contributed by atoms with van der Waals surface area (Å²) in [5.41, 5.74) is 1.79. The highest BCUT2D eigenvalue weighted by Gasteiger charge is 2.16. The molecule has 0 radical (unpaired) electrons. The topological polar surface area (TPSA) is 33.4 Å². The molecule has 0 saturated heterocycles. The molecule has 0 saturated carbocycles. The summed E-state index contributed by atoms with van der Waals surface area (Å²) in [5.74, 6) is 0.312. The van der Waals surface area contributed by atoms with Crippen LogP contribution in [0.25, 0.3) is 65.0 Å². The third-order valence-electron chi connectivity index (χ3n) is 6.32. The Balaban J connectivity index is 1.85. The Morgan fingerprint density at radius 1 is 0.433 bits per heavy atom. The number of fused-ring (bicyclic) bond motifs is 11. The Morgan fingerprint density at radius 3 is 1.83 bits per heavy atom. The van der Waals surface area contributed by atoms with Crippen LogP contribution in [-0.2, 0) is 0 Å². The van der Waals surface area contributed by atoms with Crippen LogP contribution in [0.5, 0.6) is 5.75 Å². The minimum Gasteiger partial charge on any atom is -0.507 e. The fourth-order valence-electron chi connectivity index (χ4n) is 5.01. The van der Waals surface area contributed by atoms with Crippen molar-refractivity contribution in [2.24, 2.45) is 0 Å². The first kappa shape index (κ1) is 15.8. The molecule has 2 heteroatoms. The minimum absolute atomic E-state index is 0.312. The van der Waals surface area contributed by atoms with Gasteiger partial charge in [-0.05, 0) is 62.0 Å². The van der Waals surface area contributed by atoms with Crippen molar-refractivity contribution in [2.75, 3.05) is 0 Å². The lowest BCUT2D eigenvalue weighted by Gasteiger charge is -2.14. The van der Waals surface area contributed by atoms with Crippen molar-refractivity contribution in [1.29, 1.82) is 0 Å². The van der Waals surface area contributed by atoms with Crippen molar-refractivity contribution >= 4 is 65.0 Å². The Bertz CT molecular complexity index is 1810. The highest BCUT2D eigenvalue weighted by atomic mass is 16.3. The molecule has 7 aromatic rings. The molecule has 30 heavy (non-hydrogen) atoms. The molecule has 2 nitrogen and oxygen atoms in total. The smallest absolute Gasteiger partial charge is 0.136 e. The summed E-state index contributed by atoms with van der Waals surface area (Å²) in [6.45, 7) is 0. The van der Waals surface area contributed by atoms with Gasteiger partial charge < -0.3 is 9.52 Å². The minimum atomic E-state index is 0.312. The second-order valence-electron chi connectivity index (χ2n) is 7.90. The van der Waals surface area contributed by atoms with Gasteiger partial charge in [0.1, 0.15) is 16.9 Å². The summed E-state index contributed by atoms with van der Waals surface area (Å²) in [7, 11) is 0. The molecular formula is C28H16O2. The van der Waals surface area contributed by atoms with Gasteiger partial charge in [-0.25, -0.2) is 0 Å². The number of benzene rings is 6. The molecule has 1 heterocycles. The molecule has 0 aliphatic carbocycles. The predicted molar refractivity (Wildman–Crippen MR) is 125 cm³/mol. The molecule has 0 bridgehead atoms. The fraction of sp³-hybridized carbons (Fsp3) is 0. The van der Waals surface area contributed by atoms with E-state index < -0.39 is 0 Å². The molecule has 0 spiro atoms. The maximum absolute atomic E-state index is 10.7. The van der Waals surface area contributed by atoms with Crippen LogP contribution in [0.3, 0.4) is 0 Å². The van der Waals surface area contributed by atoms with E-state index in [1.165, 1.54) is 10.8 Å². The molecule has 6 aromatic carbocycles. The molecule has 0 aliphatic heterocycles. The predicted octanol–water partition coefficient (Wildman–Crippen LogP) is 7.90. The average Bonchev–Trinajstić information content (AvgIpc) is 3.16. The second-order valence-corrected chi connectivity index (χ2v) is 7.90. The van der Waals surface area contributed by atoms with Gasteiger partial charge in [-0.2, -0.15) is 0 Å². The maximum atomic E-state index is 10.7. The van der Waals surface area contributed by atoms with Gasteiger partial charge in [0.2, 0.25) is 0 Å². The first-order valence-electron chi connectivity index (χ1n) is 10.1. The van der Waals surface area contributed by atoms with E-state index in [0.29, 0.717) is 5.75 Å². The van der Waals surface area contributed by atoms with Crippen molar-refractivity contribution < 1.29 is 9.52 Å². The van der Waals surface area contributed by atoms with Crippen molar-refractivity contribution in [3.05, 3.63) is 91.0 Å². The Labute approximate surface area is 171 Å². The molecular weight excluding hydrogens is 368 g/mol. The number of phenolic OH excluding ortho intramolecular Hbond substituents is 1. The molecule has 0 atom stereocenters. The number of rotatable bonds is 0. The summed E-state index contributed by atoms with van der Waals surface area (Å²) in [5, 5.41) is 21.8. The molecule has 0 unspecified atom stereocenters. The van der Waals surface area contributed by atoms with Gasteiger partial charge in [0, 0.05) is 16.2 Å². The van der Waals surface area contributed by atoms with Crippen LogP contribution >= 0.6 is 0 Å². The standard InChI is InChI=1S/C28H16O2/c29-25-14-23-17-8-2-1-7-16(17)21-13-22-19-10-5-6-12-26(19)30-27(22)15-24(21)28(23)20-11-4-3-9-18(20)25/h1-15,29H. The van der Waals surface area contributed by atoms with Gasteiger partial charge in [-0.15, -0.1) is 0 Å². The summed E-state index contributed by atoms with van der Waals surface area (Å²) in [4.78, 5) is 0. The largest absolute Gasteiger partial charge is 0.507 e. The first-order chi connectivity index (χ1) is 14.8. The maximum Gasteiger partial charge on any atom is 0.136 e. The summed E-state index contributed by atoms with van der Waals surface area (Å²) in [6.07, 6.45) is 0. The highest BCUT2D eigenvalue weighted by Crippen LogP contribution is 2.44. The van der Waals surface area contributed by atoms with Crippen molar-refractivity contribution in [1.82, 2.24) is 0 Å². The molecule has 140 valence electrons. The molecule has 0 amide bonds. The van der Waals surface area contributed by atoms with E-state index in [1.54, 1.807) is 0 Å². The second kappa shape index (κ2) is 5.52. The Morgan fingerprint density at radius 2 is 1.03 bits per heavy atom. The van der Waals surface area contributed by atoms with Gasteiger partial charge in [0.25, 0.3) is 0 Å². The van der Waals surface area contributed by atoms with Crippen LogP contribution < -0.4 is 0 Å². The first-order valence-corrected chi connectivity index (χ1v) is 10.1. The van der Waals surface area contributed by atoms with Gasteiger partial charge in [-0.3, -0.25) is 0 Å². The number of phenols is 1. The van der Waals surface area contributed by atoms with Gasteiger partial charge >= 0.3 is 0 Å². The quantitative estimate of drug-likeness (QED) is 0.270. The normalized spacial score (nSPS) is 12.1. The Hall–Kier alpha value is -4.04. The van der Waals surface area contributed by atoms with Gasteiger partial charge in [-0.1, -0.05) is 66.7 Å².